The van der Waals surface area contributed by atoms with Gasteiger partial charge in [-0.15, -0.1) is 0 Å². The molecular weight excluding hydrogens is 451 g/mol. The summed E-state index contributed by atoms with van der Waals surface area (Å²) in [6.07, 6.45) is -4.73. The summed E-state index contributed by atoms with van der Waals surface area (Å²) >= 11 is 0. The van der Waals surface area contributed by atoms with Crippen LogP contribution in [0, 0.1) is 0 Å². The lowest BCUT2D eigenvalue weighted by atomic mass is 10.3. The molecule has 0 saturated carbocycles. The fourth-order valence-electron chi connectivity index (χ4n) is 2.04. The van der Waals surface area contributed by atoms with Crippen LogP contribution in [0.5, 0.6) is 0 Å². The molecule has 1 aliphatic heterocycles. The van der Waals surface area contributed by atoms with Crippen LogP contribution in [-0.4, -0.2) is 85.9 Å². The minimum Gasteiger partial charge on any atom is -0.292 e. The fraction of sp³-hybridized carbons (Fsp3) is 1.00. The molecule has 0 spiro atoms. The Balaban J connectivity index is 3.13. The van der Waals surface area contributed by atoms with Crippen LogP contribution in [0.25, 0.3) is 0 Å². The van der Waals surface area contributed by atoms with Crippen LogP contribution in [0.2, 0.25) is 0 Å². The maximum Gasteiger partial charge on any atom is 0.439 e. The van der Waals surface area contributed by atoms with E-state index in [2.05, 4.69) is 0 Å². The first kappa shape index (κ1) is 24.2. The zero-order valence-electron chi connectivity index (χ0n) is 12.7. The van der Waals surface area contributed by atoms with Gasteiger partial charge in [0.2, 0.25) is 0 Å². The number of hydrogen-bond acceptors (Lipinski definition) is 5. The van der Waals surface area contributed by atoms with Crippen molar-refractivity contribution in [1.29, 1.82) is 0 Å². The Kier molecular flexibility index (Phi) is 6.17. The monoisotopic (exact) mass is 462 g/mol. The van der Waals surface area contributed by atoms with Crippen molar-refractivity contribution in [1.82, 2.24) is 9.21 Å². The number of sulfonamides is 1. The average Bonchev–Trinajstić information content (AvgIpc) is 2.44. The highest BCUT2D eigenvalue weighted by Crippen LogP contribution is 2.51. The lowest BCUT2D eigenvalue weighted by Gasteiger charge is -2.38. The van der Waals surface area contributed by atoms with Gasteiger partial charge in [-0.1, -0.05) is 0 Å². The van der Waals surface area contributed by atoms with Crippen molar-refractivity contribution >= 4 is 20.1 Å². The number of nitrogens with zero attached hydrogens (tertiary/aromatic N) is 2. The molecule has 1 fully saturated rings. The number of piperazine rings is 1. The van der Waals surface area contributed by atoms with E-state index in [0.717, 1.165) is 0 Å². The smallest absolute Gasteiger partial charge is 0.292 e. The van der Waals surface area contributed by atoms with Gasteiger partial charge in [0.05, 0.1) is 6.54 Å². The lowest BCUT2D eigenvalue weighted by molar-refractivity contribution is -0.247. The summed E-state index contributed by atoms with van der Waals surface area (Å²) in [6, 6.07) is 0. The molecule has 7 nitrogen and oxygen atoms in total. The van der Waals surface area contributed by atoms with Crippen LogP contribution in [0.1, 0.15) is 0 Å². The van der Waals surface area contributed by atoms with Crippen molar-refractivity contribution in [3.63, 3.8) is 0 Å². The third-order valence-electron chi connectivity index (χ3n) is 3.45. The minimum absolute atomic E-state index is 0.464. The zero-order valence-corrected chi connectivity index (χ0v) is 14.4. The highest BCUT2D eigenvalue weighted by atomic mass is 32.2. The van der Waals surface area contributed by atoms with E-state index in [0.29, 0.717) is 4.90 Å². The third kappa shape index (κ3) is 4.28. The first-order valence-corrected chi connectivity index (χ1v) is 9.46. The zero-order chi connectivity index (χ0) is 21.7. The molecular formula is C9H11F9N2O5S2. The van der Waals surface area contributed by atoms with E-state index in [4.69, 9.17) is 4.55 Å². The number of hydrogen-bond donors (Lipinski definition) is 1. The number of halogens is 9. The number of alkyl halides is 9. The molecule has 1 aliphatic rings. The summed E-state index contributed by atoms with van der Waals surface area (Å²) in [5.41, 5.74) is 0. The standard InChI is InChI=1S/C9H11F9N2O5S2/c10-6(11,12)5-19-1-3-20(4-2-19)26(21,22)8(15,16)7(13,14)9(17,18)27(23,24)25/h1-5H2,(H,23,24,25). The Hall–Kier alpha value is -0.850. The first-order chi connectivity index (χ1) is 11.7. The second kappa shape index (κ2) is 6.89. The minimum atomic E-state index is -7.14. The van der Waals surface area contributed by atoms with E-state index >= 15 is 0 Å². The molecule has 27 heavy (non-hydrogen) atoms. The Morgan fingerprint density at radius 1 is 0.741 bits per heavy atom. The third-order valence-corrected chi connectivity index (χ3v) is 6.31. The Morgan fingerprint density at radius 2 is 1.15 bits per heavy atom. The SMILES string of the molecule is O=S(=O)(O)C(F)(F)C(F)(F)C(F)(F)S(=O)(=O)N1CCN(CC(F)(F)F)CC1. The van der Waals surface area contributed by atoms with Gasteiger partial charge in [-0.05, 0) is 0 Å². The molecule has 1 rings (SSSR count). The van der Waals surface area contributed by atoms with E-state index in [-0.39, 0.29) is 0 Å². The Morgan fingerprint density at radius 3 is 1.48 bits per heavy atom. The second-order valence-electron chi connectivity index (χ2n) is 5.38. The summed E-state index contributed by atoms with van der Waals surface area (Å²) < 4.78 is 169. The van der Waals surface area contributed by atoms with Gasteiger partial charge in [0.15, 0.2) is 0 Å². The van der Waals surface area contributed by atoms with Gasteiger partial charge in [-0.2, -0.15) is 52.2 Å². The molecule has 1 saturated heterocycles. The van der Waals surface area contributed by atoms with Crippen LogP contribution in [0.3, 0.4) is 0 Å². The molecule has 162 valence electrons. The van der Waals surface area contributed by atoms with Crippen molar-refractivity contribution in [3.8, 4) is 0 Å². The van der Waals surface area contributed by atoms with Crippen LogP contribution >= 0.6 is 0 Å². The lowest BCUT2D eigenvalue weighted by Crippen LogP contribution is -2.64. The highest BCUT2D eigenvalue weighted by molar-refractivity contribution is 7.90. The molecule has 0 aliphatic carbocycles. The van der Waals surface area contributed by atoms with Crippen molar-refractivity contribution in [2.75, 3.05) is 32.7 Å². The molecule has 0 aromatic carbocycles. The summed E-state index contributed by atoms with van der Waals surface area (Å²) in [6.45, 7) is -5.60. The first-order valence-electron chi connectivity index (χ1n) is 6.58. The van der Waals surface area contributed by atoms with E-state index in [1.807, 2.05) is 0 Å². The van der Waals surface area contributed by atoms with E-state index < -0.39 is 79.8 Å². The van der Waals surface area contributed by atoms with Crippen LogP contribution < -0.4 is 0 Å². The van der Waals surface area contributed by atoms with E-state index in [1.165, 1.54) is 0 Å². The predicted octanol–water partition coefficient (Wildman–Crippen LogP) is 1.20. The molecule has 0 amide bonds. The van der Waals surface area contributed by atoms with Crippen molar-refractivity contribution in [2.24, 2.45) is 0 Å². The molecule has 1 N–H and O–H groups in total. The molecule has 0 bridgehead atoms. The van der Waals surface area contributed by atoms with Gasteiger partial charge in [-0.3, -0.25) is 9.45 Å². The molecule has 18 heteroatoms. The largest absolute Gasteiger partial charge is 0.439 e. The maximum atomic E-state index is 13.7. The van der Waals surface area contributed by atoms with Crippen molar-refractivity contribution in [3.05, 3.63) is 0 Å². The summed E-state index contributed by atoms with van der Waals surface area (Å²) in [4.78, 5) is 0.551. The van der Waals surface area contributed by atoms with Crippen molar-refractivity contribution < 1.29 is 60.9 Å². The summed E-state index contributed by atoms with van der Waals surface area (Å²) in [5.74, 6) is -7.09. The topological polar surface area (TPSA) is 95.0 Å². The molecule has 0 aromatic heterocycles. The normalized spacial score (nSPS) is 20.1. The Bertz CT molecular complexity index is 757. The molecule has 0 aromatic rings. The van der Waals surface area contributed by atoms with Gasteiger partial charge < -0.3 is 0 Å². The number of rotatable bonds is 6. The van der Waals surface area contributed by atoms with Crippen molar-refractivity contribution in [2.45, 2.75) is 22.6 Å². The van der Waals surface area contributed by atoms with Gasteiger partial charge in [-0.25, -0.2) is 8.42 Å². The molecule has 0 radical (unpaired) electrons. The van der Waals surface area contributed by atoms with Gasteiger partial charge in [0, 0.05) is 26.2 Å². The quantitative estimate of drug-likeness (QED) is 0.471. The Labute approximate surface area is 146 Å². The van der Waals surface area contributed by atoms with Gasteiger partial charge in [0.25, 0.3) is 10.0 Å². The van der Waals surface area contributed by atoms with Gasteiger partial charge in [0.1, 0.15) is 0 Å². The average molecular weight is 462 g/mol. The highest BCUT2D eigenvalue weighted by Gasteiger charge is 2.82. The van der Waals surface area contributed by atoms with Gasteiger partial charge >= 0.3 is 32.7 Å². The predicted molar refractivity (Wildman–Crippen MR) is 69.4 cm³/mol. The van der Waals surface area contributed by atoms with Crippen LogP contribution in [-0.2, 0) is 20.1 Å². The second-order valence-corrected chi connectivity index (χ2v) is 8.82. The van der Waals surface area contributed by atoms with Crippen LogP contribution in [0.4, 0.5) is 39.5 Å². The van der Waals surface area contributed by atoms with E-state index in [1.54, 1.807) is 0 Å². The fourth-order valence-corrected chi connectivity index (χ4v) is 3.97. The van der Waals surface area contributed by atoms with Crippen LogP contribution in [0.15, 0.2) is 0 Å². The van der Waals surface area contributed by atoms with E-state index in [9.17, 15) is 56.3 Å². The molecule has 0 unspecified atom stereocenters. The molecule has 0 atom stereocenters. The summed E-state index contributed by atoms with van der Waals surface area (Å²) in [5, 5.41) is -13.6. The molecule has 1 heterocycles. The summed E-state index contributed by atoms with van der Waals surface area (Å²) in [7, 11) is -13.8. The maximum absolute atomic E-state index is 13.7.